The van der Waals surface area contributed by atoms with Crippen molar-refractivity contribution in [2.24, 2.45) is 5.73 Å². The normalized spacial score (nSPS) is 39.9. The minimum Gasteiger partial charge on any atom is -0.376 e. The van der Waals surface area contributed by atoms with E-state index >= 15 is 0 Å². The van der Waals surface area contributed by atoms with Crippen molar-refractivity contribution < 1.29 is 9.47 Å². The highest BCUT2D eigenvalue weighted by molar-refractivity contribution is 4.83. The molecule has 3 heteroatoms. The largest absolute Gasteiger partial charge is 0.376 e. The van der Waals surface area contributed by atoms with Gasteiger partial charge in [0, 0.05) is 12.6 Å². The monoisotopic (exact) mass is 185 g/mol. The number of rotatable bonds is 3. The third kappa shape index (κ3) is 2.66. The molecule has 1 saturated carbocycles. The molecule has 0 bridgehead atoms. The molecule has 2 N–H and O–H groups in total. The van der Waals surface area contributed by atoms with Crippen molar-refractivity contribution in [3.8, 4) is 0 Å². The number of ether oxygens (including phenoxy) is 2. The van der Waals surface area contributed by atoms with Crippen molar-refractivity contribution in [1.29, 1.82) is 0 Å². The van der Waals surface area contributed by atoms with Crippen LogP contribution in [0.1, 0.15) is 32.1 Å². The molecule has 1 unspecified atom stereocenters. The molecule has 0 spiro atoms. The van der Waals surface area contributed by atoms with E-state index in [0.717, 1.165) is 26.1 Å². The Labute approximate surface area is 79.6 Å². The fraction of sp³-hybridized carbons (Fsp3) is 1.00. The van der Waals surface area contributed by atoms with Crippen LogP contribution in [0.2, 0.25) is 0 Å². The lowest BCUT2D eigenvalue weighted by Crippen LogP contribution is -2.43. The van der Waals surface area contributed by atoms with E-state index in [2.05, 4.69) is 0 Å². The third-order valence-electron chi connectivity index (χ3n) is 2.92. The van der Waals surface area contributed by atoms with Gasteiger partial charge in [-0.25, -0.2) is 0 Å². The Morgan fingerprint density at radius 3 is 2.77 bits per heavy atom. The molecule has 1 heterocycles. The zero-order chi connectivity index (χ0) is 9.10. The number of hydrogen-bond donors (Lipinski definition) is 1. The summed E-state index contributed by atoms with van der Waals surface area (Å²) in [5.74, 6) is 0. The van der Waals surface area contributed by atoms with E-state index < -0.39 is 0 Å². The van der Waals surface area contributed by atoms with Crippen LogP contribution in [-0.2, 0) is 9.47 Å². The molecule has 0 amide bonds. The smallest absolute Gasteiger partial charge is 0.0808 e. The van der Waals surface area contributed by atoms with Crippen LogP contribution in [-0.4, -0.2) is 31.5 Å². The maximum atomic E-state index is 5.68. The van der Waals surface area contributed by atoms with Crippen LogP contribution in [0.3, 0.4) is 0 Å². The summed E-state index contributed by atoms with van der Waals surface area (Å²) in [5.41, 5.74) is 5.67. The second-order valence-electron chi connectivity index (χ2n) is 4.18. The Morgan fingerprint density at radius 2 is 2.15 bits per heavy atom. The van der Waals surface area contributed by atoms with E-state index in [9.17, 15) is 0 Å². The molecule has 0 aromatic heterocycles. The molecular weight excluding hydrogens is 166 g/mol. The summed E-state index contributed by atoms with van der Waals surface area (Å²) in [7, 11) is 0. The summed E-state index contributed by atoms with van der Waals surface area (Å²) in [6.07, 6.45) is 6.51. The van der Waals surface area contributed by atoms with Crippen molar-refractivity contribution in [2.45, 2.75) is 50.4 Å². The number of nitrogens with two attached hydrogens (primary N) is 1. The zero-order valence-electron chi connectivity index (χ0n) is 8.08. The topological polar surface area (TPSA) is 44.5 Å². The molecule has 2 fully saturated rings. The summed E-state index contributed by atoms with van der Waals surface area (Å²) in [6.45, 7) is 1.69. The van der Waals surface area contributed by atoms with Crippen LogP contribution in [0.4, 0.5) is 0 Å². The van der Waals surface area contributed by atoms with Gasteiger partial charge in [-0.1, -0.05) is 0 Å². The Balaban J connectivity index is 1.56. The first-order valence-electron chi connectivity index (χ1n) is 5.33. The molecule has 3 nitrogen and oxygen atoms in total. The molecule has 2 rings (SSSR count). The minimum absolute atomic E-state index is 0.352. The average Bonchev–Trinajstić information content (AvgIpc) is 2.12. The first-order chi connectivity index (χ1) is 6.34. The van der Waals surface area contributed by atoms with Gasteiger partial charge in [0.15, 0.2) is 0 Å². The van der Waals surface area contributed by atoms with Crippen molar-refractivity contribution in [3.63, 3.8) is 0 Å². The lowest BCUT2D eigenvalue weighted by molar-refractivity contribution is -0.0844. The molecule has 13 heavy (non-hydrogen) atoms. The lowest BCUT2D eigenvalue weighted by atomic mass is 9.90. The lowest BCUT2D eigenvalue weighted by Gasteiger charge is -2.34. The van der Waals surface area contributed by atoms with Gasteiger partial charge in [0.25, 0.3) is 0 Å². The van der Waals surface area contributed by atoms with Gasteiger partial charge in [-0.05, 0) is 32.1 Å². The van der Waals surface area contributed by atoms with Crippen molar-refractivity contribution in [1.82, 2.24) is 0 Å². The van der Waals surface area contributed by atoms with Crippen molar-refractivity contribution in [2.75, 3.05) is 13.2 Å². The predicted octanol–water partition coefficient (Wildman–Crippen LogP) is 1.06. The van der Waals surface area contributed by atoms with Gasteiger partial charge < -0.3 is 15.2 Å². The van der Waals surface area contributed by atoms with Crippen LogP contribution in [0.25, 0.3) is 0 Å². The Kier molecular flexibility index (Phi) is 3.19. The highest BCUT2D eigenvalue weighted by Crippen LogP contribution is 2.22. The molecule has 0 aromatic carbocycles. The van der Waals surface area contributed by atoms with Crippen molar-refractivity contribution in [3.05, 3.63) is 0 Å². The Bertz CT molecular complexity index is 151. The zero-order valence-corrected chi connectivity index (χ0v) is 8.08. The maximum absolute atomic E-state index is 5.68. The van der Waals surface area contributed by atoms with Crippen LogP contribution < -0.4 is 5.73 Å². The van der Waals surface area contributed by atoms with Gasteiger partial charge in [0.05, 0.1) is 18.8 Å². The van der Waals surface area contributed by atoms with E-state index in [-0.39, 0.29) is 0 Å². The Morgan fingerprint density at radius 1 is 1.31 bits per heavy atom. The molecule has 76 valence electrons. The molecular formula is C10H19NO2. The summed E-state index contributed by atoms with van der Waals surface area (Å²) in [4.78, 5) is 0. The van der Waals surface area contributed by atoms with Crippen LogP contribution in [0.5, 0.6) is 0 Å². The number of hydrogen-bond acceptors (Lipinski definition) is 3. The van der Waals surface area contributed by atoms with Gasteiger partial charge >= 0.3 is 0 Å². The molecule has 0 radical (unpaired) electrons. The first-order valence-corrected chi connectivity index (χ1v) is 5.33. The van der Waals surface area contributed by atoms with Crippen molar-refractivity contribution >= 4 is 0 Å². The van der Waals surface area contributed by atoms with Gasteiger partial charge in [0.2, 0.25) is 0 Å². The van der Waals surface area contributed by atoms with E-state index in [1.807, 2.05) is 0 Å². The molecule has 1 atom stereocenters. The van der Waals surface area contributed by atoms with E-state index in [0.29, 0.717) is 18.2 Å². The summed E-state index contributed by atoms with van der Waals surface area (Å²) >= 11 is 0. The quantitative estimate of drug-likeness (QED) is 0.715. The van der Waals surface area contributed by atoms with Crippen LogP contribution >= 0.6 is 0 Å². The van der Waals surface area contributed by atoms with Crippen LogP contribution in [0.15, 0.2) is 0 Å². The first kappa shape index (κ1) is 9.44. The fourth-order valence-corrected chi connectivity index (χ4v) is 1.92. The maximum Gasteiger partial charge on any atom is 0.0808 e. The van der Waals surface area contributed by atoms with Crippen LogP contribution in [0, 0.1) is 0 Å². The molecule has 0 aromatic rings. The van der Waals surface area contributed by atoms with E-state index in [1.54, 1.807) is 0 Å². The van der Waals surface area contributed by atoms with Gasteiger partial charge in [-0.15, -0.1) is 0 Å². The summed E-state index contributed by atoms with van der Waals surface area (Å²) < 4.78 is 11.3. The summed E-state index contributed by atoms with van der Waals surface area (Å²) in [6, 6.07) is 0.386. The standard InChI is InChI=1S/C10H19NO2/c11-8-5-10(6-8)13-7-9-3-1-2-4-12-9/h8-10H,1-7,11H2. The van der Waals surface area contributed by atoms with Gasteiger partial charge in [-0.3, -0.25) is 0 Å². The second-order valence-corrected chi connectivity index (χ2v) is 4.18. The molecule has 1 aliphatic carbocycles. The Hall–Kier alpha value is -0.120. The van der Waals surface area contributed by atoms with Gasteiger partial charge in [0.1, 0.15) is 0 Å². The molecule has 1 aliphatic heterocycles. The highest BCUT2D eigenvalue weighted by Gasteiger charge is 2.27. The summed E-state index contributed by atoms with van der Waals surface area (Å²) in [5, 5.41) is 0. The highest BCUT2D eigenvalue weighted by atomic mass is 16.5. The SMILES string of the molecule is NC1CC(OCC2CCCCO2)C1. The third-order valence-corrected chi connectivity index (χ3v) is 2.92. The minimum atomic E-state index is 0.352. The molecule has 2 aliphatic rings. The fourth-order valence-electron chi connectivity index (χ4n) is 1.92. The van der Waals surface area contributed by atoms with E-state index in [4.69, 9.17) is 15.2 Å². The second kappa shape index (κ2) is 4.40. The van der Waals surface area contributed by atoms with Gasteiger partial charge in [-0.2, -0.15) is 0 Å². The van der Waals surface area contributed by atoms with E-state index in [1.165, 1.54) is 19.3 Å². The molecule has 1 saturated heterocycles. The average molecular weight is 185 g/mol. The predicted molar refractivity (Wildman–Crippen MR) is 50.5 cm³/mol.